The Morgan fingerprint density at radius 2 is 2.14 bits per heavy atom. The summed E-state index contributed by atoms with van der Waals surface area (Å²) in [5, 5.41) is 37.1. The van der Waals surface area contributed by atoms with Crippen LogP contribution in [0.1, 0.15) is 53.2 Å². The number of aryl methyl sites for hydroxylation is 1. The van der Waals surface area contributed by atoms with E-state index < -0.39 is 4.92 Å². The minimum absolute atomic E-state index is 0.0367. The molecule has 11 heteroatoms. The maximum absolute atomic E-state index is 13.4. The molecule has 0 spiro atoms. The smallest absolute Gasteiger partial charge is 0.274 e. The second kappa shape index (κ2) is 9.81. The molecule has 5 rings (SSSR count). The number of benzene rings is 2. The number of anilines is 3. The number of carbonyl (C=O) groups is 1. The highest BCUT2D eigenvalue weighted by Gasteiger charge is 2.31. The Labute approximate surface area is 218 Å². The minimum atomic E-state index is -0.410. The van der Waals surface area contributed by atoms with Gasteiger partial charge in [-0.1, -0.05) is 18.9 Å². The van der Waals surface area contributed by atoms with Crippen LogP contribution in [0.15, 0.2) is 36.4 Å². The van der Waals surface area contributed by atoms with Crippen LogP contribution in [0.3, 0.4) is 0 Å². The third-order valence-corrected chi connectivity index (χ3v) is 7.61. The molecule has 1 aliphatic carbocycles. The summed E-state index contributed by atoms with van der Waals surface area (Å²) in [7, 11) is 0. The highest BCUT2D eigenvalue weighted by molar-refractivity contribution is 7.11. The van der Waals surface area contributed by atoms with E-state index >= 15 is 0 Å². The van der Waals surface area contributed by atoms with Gasteiger partial charge in [0.1, 0.15) is 16.4 Å². The van der Waals surface area contributed by atoms with Crippen molar-refractivity contribution in [1.82, 2.24) is 9.69 Å². The number of nitro groups is 1. The minimum Gasteiger partial charge on any atom is -0.492 e. The van der Waals surface area contributed by atoms with Crippen molar-refractivity contribution in [2.45, 2.75) is 45.6 Å². The van der Waals surface area contributed by atoms with Gasteiger partial charge in [0.2, 0.25) is 5.88 Å². The molecule has 1 fully saturated rings. The Hall–Kier alpha value is -3.99. The molecular formula is C26H28N6O4S. The summed E-state index contributed by atoms with van der Waals surface area (Å²) in [5.74, 6) is 0.423. The van der Waals surface area contributed by atoms with E-state index in [9.17, 15) is 20.0 Å². The van der Waals surface area contributed by atoms with Crippen molar-refractivity contribution in [2.75, 3.05) is 16.8 Å². The summed E-state index contributed by atoms with van der Waals surface area (Å²) in [5.41, 5.74) is 3.44. The van der Waals surface area contributed by atoms with Crippen LogP contribution < -0.4 is 15.5 Å². The van der Waals surface area contributed by atoms with Gasteiger partial charge in [-0.3, -0.25) is 20.3 Å². The van der Waals surface area contributed by atoms with E-state index in [1.807, 2.05) is 19.9 Å². The first-order valence-corrected chi connectivity index (χ1v) is 13.0. The number of hydrogen-bond donors (Lipinski definition) is 4. The zero-order chi connectivity index (χ0) is 26.3. The van der Waals surface area contributed by atoms with Crippen molar-refractivity contribution in [3.05, 3.63) is 68.8 Å². The average Bonchev–Trinajstić information content (AvgIpc) is 3.42. The molecule has 192 valence electrons. The normalized spacial score (nSPS) is 15.2. The van der Waals surface area contributed by atoms with E-state index in [0.717, 1.165) is 29.4 Å². The molecule has 1 aliphatic heterocycles. The van der Waals surface area contributed by atoms with Crippen molar-refractivity contribution in [3.8, 4) is 5.88 Å². The number of fused-ring (bicyclic) bond motifs is 1. The summed E-state index contributed by atoms with van der Waals surface area (Å²) in [6, 6.07) is 10.2. The number of amides is 1. The Morgan fingerprint density at radius 3 is 2.84 bits per heavy atom. The van der Waals surface area contributed by atoms with Crippen LogP contribution in [0.25, 0.3) is 0 Å². The van der Waals surface area contributed by atoms with E-state index in [1.54, 1.807) is 29.2 Å². The van der Waals surface area contributed by atoms with Crippen LogP contribution >= 0.6 is 11.5 Å². The number of amidine groups is 1. The fraction of sp³-hybridized carbons (Fsp3) is 0.346. The standard InChI is InChI=1S/C26H28N6O4S/c1-14-12-17(29-25-22(24(33)30-37-25)23(27)28-15(2)13-16-6-7-16)8-9-18(14)26(34)31-11-10-19-20(31)4-3-5-21(19)32(35)36/h3-5,8-9,12,15-16,29H,6-7,10-11,13H2,1-2H3,(H2,27,28)(H,30,33). The third kappa shape index (κ3) is 4.99. The molecule has 2 aliphatic rings. The molecule has 0 bridgehead atoms. The Kier molecular flexibility index (Phi) is 6.55. The maximum Gasteiger partial charge on any atom is 0.274 e. The lowest BCUT2D eigenvalue weighted by atomic mass is 10.1. The molecule has 37 heavy (non-hydrogen) atoms. The number of nitrogens with zero attached hydrogens (tertiary/aromatic N) is 3. The molecule has 2 heterocycles. The van der Waals surface area contributed by atoms with Crippen molar-refractivity contribution >= 4 is 45.3 Å². The van der Waals surface area contributed by atoms with Crippen molar-refractivity contribution in [2.24, 2.45) is 5.92 Å². The average molecular weight is 521 g/mol. The van der Waals surface area contributed by atoms with Gasteiger partial charge in [-0.15, -0.1) is 0 Å². The van der Waals surface area contributed by atoms with E-state index in [0.29, 0.717) is 46.0 Å². The first kappa shape index (κ1) is 24.7. The second-order valence-corrected chi connectivity index (χ2v) is 10.5. The zero-order valence-corrected chi connectivity index (χ0v) is 21.4. The number of aromatic nitrogens is 1. The van der Waals surface area contributed by atoms with Crippen LogP contribution in [0.5, 0.6) is 5.88 Å². The molecule has 0 radical (unpaired) electrons. The summed E-state index contributed by atoms with van der Waals surface area (Å²) in [4.78, 5) is 25.9. The third-order valence-electron chi connectivity index (χ3n) is 6.86. The van der Waals surface area contributed by atoms with Gasteiger partial charge in [0.15, 0.2) is 0 Å². The summed E-state index contributed by atoms with van der Waals surface area (Å²) < 4.78 is 4.02. The summed E-state index contributed by atoms with van der Waals surface area (Å²) in [6.07, 6.45) is 3.90. The van der Waals surface area contributed by atoms with Crippen LogP contribution in [-0.2, 0) is 6.42 Å². The lowest BCUT2D eigenvalue weighted by Gasteiger charge is -2.19. The topological polar surface area (TPSA) is 144 Å². The quantitative estimate of drug-likeness (QED) is 0.140. The highest BCUT2D eigenvalue weighted by atomic mass is 32.1. The lowest BCUT2D eigenvalue weighted by Crippen LogP contribution is -2.33. The van der Waals surface area contributed by atoms with Crippen LogP contribution in [-0.4, -0.2) is 38.7 Å². The van der Waals surface area contributed by atoms with Gasteiger partial charge in [-0.25, -0.2) is 0 Å². The van der Waals surface area contributed by atoms with E-state index in [2.05, 4.69) is 15.0 Å². The number of rotatable bonds is 8. The number of aromatic hydroxyl groups is 1. The van der Waals surface area contributed by atoms with Crippen molar-refractivity contribution in [3.63, 3.8) is 0 Å². The predicted molar refractivity (Wildman–Crippen MR) is 143 cm³/mol. The molecule has 10 nitrogen and oxygen atoms in total. The summed E-state index contributed by atoms with van der Waals surface area (Å²) >= 11 is 1.06. The van der Waals surface area contributed by atoms with Crippen molar-refractivity contribution < 1.29 is 14.8 Å². The SMILES string of the molecule is Cc1cc(Nc2snc(O)c2C(=N)NC(C)CC2CC2)ccc1C(=O)N1CCc2c1cccc2[N+](=O)[O-]. The monoisotopic (exact) mass is 520 g/mol. The van der Waals surface area contributed by atoms with Gasteiger partial charge < -0.3 is 20.6 Å². The van der Waals surface area contributed by atoms with Gasteiger partial charge >= 0.3 is 0 Å². The second-order valence-electron chi connectivity index (χ2n) is 9.70. The van der Waals surface area contributed by atoms with Gasteiger partial charge in [0, 0.05) is 29.9 Å². The van der Waals surface area contributed by atoms with Gasteiger partial charge in [-0.2, -0.15) is 4.37 Å². The number of nitro benzene ring substituents is 1. The highest BCUT2D eigenvalue weighted by Crippen LogP contribution is 2.37. The Balaban J connectivity index is 1.32. The molecule has 1 amide bonds. The first-order valence-electron chi connectivity index (χ1n) is 12.2. The fourth-order valence-electron chi connectivity index (χ4n) is 4.88. The van der Waals surface area contributed by atoms with Crippen molar-refractivity contribution in [1.29, 1.82) is 5.41 Å². The molecule has 2 aromatic carbocycles. The zero-order valence-electron chi connectivity index (χ0n) is 20.6. The molecule has 0 saturated heterocycles. The van der Waals surface area contributed by atoms with Gasteiger partial charge in [0.25, 0.3) is 11.6 Å². The molecule has 1 aromatic heterocycles. The summed E-state index contributed by atoms with van der Waals surface area (Å²) in [6.45, 7) is 4.25. The van der Waals surface area contributed by atoms with E-state index in [-0.39, 0.29) is 29.4 Å². The molecule has 1 atom stereocenters. The molecule has 1 saturated carbocycles. The Bertz CT molecular complexity index is 1400. The van der Waals surface area contributed by atoms with E-state index in [1.165, 1.54) is 18.9 Å². The lowest BCUT2D eigenvalue weighted by molar-refractivity contribution is -0.385. The number of hydrogen-bond acceptors (Lipinski definition) is 8. The molecule has 4 N–H and O–H groups in total. The fourth-order valence-corrected chi connectivity index (χ4v) is 5.60. The molecule has 3 aromatic rings. The largest absolute Gasteiger partial charge is 0.492 e. The van der Waals surface area contributed by atoms with Gasteiger partial charge in [-0.05, 0) is 74.0 Å². The molecule has 1 unspecified atom stereocenters. The number of carbonyl (C=O) groups excluding carboxylic acids is 1. The Morgan fingerprint density at radius 1 is 1.35 bits per heavy atom. The van der Waals surface area contributed by atoms with Gasteiger partial charge in [0.05, 0.1) is 16.2 Å². The first-order chi connectivity index (χ1) is 17.7. The van der Waals surface area contributed by atoms with Crippen LogP contribution in [0, 0.1) is 28.4 Å². The van der Waals surface area contributed by atoms with Crippen LogP contribution in [0.2, 0.25) is 0 Å². The van der Waals surface area contributed by atoms with Crippen LogP contribution in [0.4, 0.5) is 22.1 Å². The maximum atomic E-state index is 13.4. The number of nitrogens with one attached hydrogen (secondary N) is 3. The predicted octanol–water partition coefficient (Wildman–Crippen LogP) is 5.12. The van der Waals surface area contributed by atoms with E-state index in [4.69, 9.17) is 5.41 Å². The molecular weight excluding hydrogens is 492 g/mol.